The lowest BCUT2D eigenvalue weighted by Crippen LogP contribution is -2.23. The van der Waals surface area contributed by atoms with Crippen molar-refractivity contribution in [1.29, 1.82) is 0 Å². The molecular weight excluding hydrogens is 372 g/mol. The summed E-state index contributed by atoms with van der Waals surface area (Å²) in [5.41, 5.74) is 4.47. The van der Waals surface area contributed by atoms with Gasteiger partial charge in [-0.15, -0.1) is 0 Å². The van der Waals surface area contributed by atoms with E-state index in [9.17, 15) is 8.42 Å². The molecule has 0 bridgehead atoms. The van der Waals surface area contributed by atoms with Gasteiger partial charge in [0.25, 0.3) is 0 Å². The summed E-state index contributed by atoms with van der Waals surface area (Å²) in [6, 6.07) is 12.8. The fraction of sp³-hybridized carbons (Fsp3) is 0.364. The molecule has 0 saturated heterocycles. The van der Waals surface area contributed by atoms with Crippen LogP contribution in [0.4, 0.5) is 0 Å². The van der Waals surface area contributed by atoms with Crippen LogP contribution in [0.5, 0.6) is 5.75 Å². The minimum absolute atomic E-state index is 0.248. The van der Waals surface area contributed by atoms with E-state index < -0.39 is 10.0 Å². The Kier molecular flexibility index (Phi) is 5.42. The minimum Gasteiger partial charge on any atom is -0.494 e. The number of aromatic amines is 1. The Morgan fingerprint density at radius 3 is 2.61 bits per heavy atom. The van der Waals surface area contributed by atoms with Crippen LogP contribution in [-0.2, 0) is 29.4 Å². The molecule has 4 rings (SSSR count). The monoisotopic (exact) mass is 398 g/mol. The average molecular weight is 399 g/mol. The first kappa shape index (κ1) is 19.0. The molecule has 5 nitrogen and oxygen atoms in total. The maximum absolute atomic E-state index is 12.8. The predicted molar refractivity (Wildman–Crippen MR) is 111 cm³/mol. The van der Waals surface area contributed by atoms with Crippen LogP contribution in [0.2, 0.25) is 0 Å². The van der Waals surface area contributed by atoms with Crippen molar-refractivity contribution in [3.8, 4) is 5.75 Å². The Morgan fingerprint density at radius 2 is 1.82 bits per heavy atom. The highest BCUT2D eigenvalue weighted by molar-refractivity contribution is 7.89. The molecule has 1 aliphatic carbocycles. The van der Waals surface area contributed by atoms with E-state index in [1.54, 1.807) is 6.07 Å². The number of aryl methyl sites for hydroxylation is 2. The van der Waals surface area contributed by atoms with Gasteiger partial charge in [0.1, 0.15) is 5.75 Å². The fourth-order valence-electron chi connectivity index (χ4n) is 3.86. The topological polar surface area (TPSA) is 71.2 Å². The van der Waals surface area contributed by atoms with Crippen molar-refractivity contribution in [2.75, 3.05) is 6.61 Å². The van der Waals surface area contributed by atoms with E-state index in [4.69, 9.17) is 4.74 Å². The van der Waals surface area contributed by atoms with Crippen LogP contribution in [0.15, 0.2) is 47.4 Å². The average Bonchev–Trinajstić information content (AvgIpc) is 2.88. The zero-order valence-corrected chi connectivity index (χ0v) is 16.9. The molecule has 0 radical (unpaired) electrons. The van der Waals surface area contributed by atoms with Crippen molar-refractivity contribution in [1.82, 2.24) is 9.71 Å². The van der Waals surface area contributed by atoms with E-state index in [0.29, 0.717) is 11.5 Å². The van der Waals surface area contributed by atoms with Crippen LogP contribution in [-0.4, -0.2) is 20.0 Å². The Morgan fingerprint density at radius 1 is 1.04 bits per heavy atom. The Bertz CT molecular complexity index is 1070. The Balaban J connectivity index is 1.55. The Hall–Kier alpha value is -2.31. The molecule has 0 atom stereocenters. The van der Waals surface area contributed by atoms with Crippen LogP contribution in [0.3, 0.4) is 0 Å². The van der Waals surface area contributed by atoms with E-state index in [0.717, 1.165) is 41.5 Å². The normalized spacial score (nSPS) is 14.6. The third-order valence-electron chi connectivity index (χ3n) is 5.33. The van der Waals surface area contributed by atoms with Gasteiger partial charge in [0, 0.05) is 23.1 Å². The van der Waals surface area contributed by atoms with E-state index in [1.807, 2.05) is 43.3 Å². The first-order chi connectivity index (χ1) is 13.6. The predicted octanol–water partition coefficient (Wildman–Crippen LogP) is 4.31. The highest BCUT2D eigenvalue weighted by Crippen LogP contribution is 2.30. The van der Waals surface area contributed by atoms with E-state index in [1.165, 1.54) is 24.1 Å². The molecule has 2 aromatic carbocycles. The molecule has 0 amide bonds. The van der Waals surface area contributed by atoms with E-state index >= 15 is 0 Å². The number of fused-ring (bicyclic) bond motifs is 3. The van der Waals surface area contributed by atoms with Gasteiger partial charge in [0.15, 0.2) is 0 Å². The molecule has 1 aliphatic rings. The van der Waals surface area contributed by atoms with E-state index in [2.05, 4.69) is 9.71 Å². The standard InChI is InChI=1S/C22H26N2O3S/c1-2-27-17-10-8-16(9-11-17)15-23-28(25,26)18-12-13-22-20(14-18)19-6-4-3-5-7-21(19)24-22/h8-14,23-24H,2-7,15H2,1H3. The summed E-state index contributed by atoms with van der Waals surface area (Å²) in [5, 5.41) is 1.04. The summed E-state index contributed by atoms with van der Waals surface area (Å²) >= 11 is 0. The third kappa shape index (κ3) is 3.93. The maximum atomic E-state index is 12.8. The highest BCUT2D eigenvalue weighted by atomic mass is 32.2. The number of H-pyrrole nitrogens is 1. The molecule has 0 fully saturated rings. The summed E-state index contributed by atoms with van der Waals surface area (Å²) in [6.07, 6.45) is 5.63. The quantitative estimate of drug-likeness (QED) is 0.608. The van der Waals surface area contributed by atoms with Gasteiger partial charge in [-0.1, -0.05) is 18.6 Å². The molecule has 28 heavy (non-hydrogen) atoms. The molecular formula is C22H26N2O3S. The van der Waals surface area contributed by atoms with Crippen molar-refractivity contribution >= 4 is 20.9 Å². The van der Waals surface area contributed by atoms with Gasteiger partial charge in [0.05, 0.1) is 11.5 Å². The van der Waals surface area contributed by atoms with Crippen molar-refractivity contribution in [2.24, 2.45) is 0 Å². The van der Waals surface area contributed by atoms with Crippen molar-refractivity contribution in [2.45, 2.75) is 50.5 Å². The lowest BCUT2D eigenvalue weighted by Gasteiger charge is -2.09. The zero-order chi connectivity index (χ0) is 19.6. The molecule has 1 heterocycles. The molecule has 0 aliphatic heterocycles. The van der Waals surface area contributed by atoms with Crippen LogP contribution >= 0.6 is 0 Å². The number of benzene rings is 2. The summed E-state index contributed by atoms with van der Waals surface area (Å²) < 4.78 is 33.8. The maximum Gasteiger partial charge on any atom is 0.240 e. The molecule has 0 spiro atoms. The summed E-state index contributed by atoms with van der Waals surface area (Å²) in [7, 11) is -3.58. The van der Waals surface area contributed by atoms with Gasteiger partial charge < -0.3 is 9.72 Å². The number of nitrogens with one attached hydrogen (secondary N) is 2. The van der Waals surface area contributed by atoms with Gasteiger partial charge >= 0.3 is 0 Å². The molecule has 1 aromatic heterocycles. The summed E-state index contributed by atoms with van der Waals surface area (Å²) in [5.74, 6) is 0.785. The lowest BCUT2D eigenvalue weighted by atomic mass is 10.1. The minimum atomic E-state index is -3.58. The van der Waals surface area contributed by atoms with Crippen LogP contribution in [0, 0.1) is 0 Å². The van der Waals surface area contributed by atoms with Crippen LogP contribution in [0.25, 0.3) is 10.9 Å². The van der Waals surface area contributed by atoms with Gasteiger partial charge in [-0.2, -0.15) is 0 Å². The van der Waals surface area contributed by atoms with Gasteiger partial charge in [-0.3, -0.25) is 0 Å². The second kappa shape index (κ2) is 7.97. The number of hydrogen-bond acceptors (Lipinski definition) is 3. The van der Waals surface area contributed by atoms with Gasteiger partial charge in [-0.05, 0) is 74.1 Å². The molecule has 0 saturated carbocycles. The second-order valence-corrected chi connectivity index (χ2v) is 9.02. The summed E-state index contributed by atoms with van der Waals surface area (Å²) in [6.45, 7) is 2.79. The second-order valence-electron chi connectivity index (χ2n) is 7.25. The number of hydrogen-bond donors (Lipinski definition) is 2. The molecule has 3 aromatic rings. The molecule has 6 heteroatoms. The van der Waals surface area contributed by atoms with Crippen LogP contribution < -0.4 is 9.46 Å². The number of sulfonamides is 1. The molecule has 0 unspecified atom stereocenters. The fourth-order valence-corrected chi connectivity index (χ4v) is 4.90. The number of ether oxygens (including phenoxy) is 1. The first-order valence-electron chi connectivity index (χ1n) is 9.92. The molecule has 148 valence electrons. The largest absolute Gasteiger partial charge is 0.494 e. The van der Waals surface area contributed by atoms with Gasteiger partial charge in [-0.25, -0.2) is 13.1 Å². The summed E-state index contributed by atoms with van der Waals surface area (Å²) in [4.78, 5) is 3.80. The number of aromatic nitrogens is 1. The Labute approximate surface area is 166 Å². The smallest absolute Gasteiger partial charge is 0.240 e. The zero-order valence-electron chi connectivity index (χ0n) is 16.1. The number of rotatable bonds is 6. The van der Waals surface area contributed by atoms with Crippen molar-refractivity contribution in [3.63, 3.8) is 0 Å². The van der Waals surface area contributed by atoms with Crippen molar-refractivity contribution < 1.29 is 13.2 Å². The molecule has 2 N–H and O–H groups in total. The van der Waals surface area contributed by atoms with Crippen molar-refractivity contribution in [3.05, 3.63) is 59.3 Å². The third-order valence-corrected chi connectivity index (χ3v) is 6.73. The van der Waals surface area contributed by atoms with E-state index in [-0.39, 0.29) is 6.54 Å². The van der Waals surface area contributed by atoms with Gasteiger partial charge in [0.2, 0.25) is 10.0 Å². The SMILES string of the molecule is CCOc1ccc(CNS(=O)(=O)c2ccc3[nH]c4c(c3c2)CCCCC4)cc1. The lowest BCUT2D eigenvalue weighted by molar-refractivity contribution is 0.340. The first-order valence-corrected chi connectivity index (χ1v) is 11.4. The highest BCUT2D eigenvalue weighted by Gasteiger charge is 2.19. The van der Waals surface area contributed by atoms with Crippen LogP contribution in [0.1, 0.15) is 43.0 Å².